The number of fused-ring (bicyclic) bond motifs is 1. The number of rotatable bonds is 3. The Morgan fingerprint density at radius 2 is 1.94 bits per heavy atom. The molecule has 1 heterocycles. The molecule has 0 radical (unpaired) electrons. The van der Waals surface area contributed by atoms with Gasteiger partial charge in [0, 0.05) is 18.1 Å². The number of hydrogen-bond acceptors (Lipinski definition) is 3. The SMILES string of the molecule is NCCc1cc(-c2ccc3c(c2)CCCC3)on1. The highest BCUT2D eigenvalue weighted by atomic mass is 16.5. The average molecular weight is 242 g/mol. The van der Waals surface area contributed by atoms with Gasteiger partial charge < -0.3 is 10.3 Å². The molecule has 94 valence electrons. The number of hydrogen-bond donors (Lipinski definition) is 1. The standard InChI is InChI=1S/C15H18N2O/c16-8-7-14-10-15(18-17-14)13-6-5-11-3-1-2-4-12(11)9-13/h5-6,9-10H,1-4,7-8,16H2. The third-order valence-corrected chi connectivity index (χ3v) is 3.59. The molecule has 0 saturated heterocycles. The Hall–Kier alpha value is -1.61. The highest BCUT2D eigenvalue weighted by Crippen LogP contribution is 2.27. The zero-order valence-electron chi connectivity index (χ0n) is 10.5. The lowest BCUT2D eigenvalue weighted by Gasteiger charge is -2.15. The molecule has 0 atom stereocenters. The quantitative estimate of drug-likeness (QED) is 0.900. The maximum absolute atomic E-state index is 5.52. The molecule has 1 aromatic carbocycles. The molecule has 2 aromatic rings. The molecule has 2 N–H and O–H groups in total. The largest absolute Gasteiger partial charge is 0.356 e. The van der Waals surface area contributed by atoms with Crippen molar-refractivity contribution in [2.45, 2.75) is 32.1 Å². The van der Waals surface area contributed by atoms with Crippen molar-refractivity contribution in [2.75, 3.05) is 6.54 Å². The maximum Gasteiger partial charge on any atom is 0.167 e. The van der Waals surface area contributed by atoms with E-state index in [4.69, 9.17) is 10.3 Å². The minimum Gasteiger partial charge on any atom is -0.356 e. The first kappa shape index (κ1) is 11.5. The average Bonchev–Trinajstić information content (AvgIpc) is 2.87. The Balaban J connectivity index is 1.91. The number of benzene rings is 1. The highest BCUT2D eigenvalue weighted by Gasteiger charge is 2.12. The smallest absolute Gasteiger partial charge is 0.167 e. The summed E-state index contributed by atoms with van der Waals surface area (Å²) in [6.07, 6.45) is 5.78. The fourth-order valence-electron chi connectivity index (χ4n) is 2.60. The Bertz CT molecular complexity index is 545. The number of aromatic nitrogens is 1. The van der Waals surface area contributed by atoms with E-state index in [9.17, 15) is 0 Å². The van der Waals surface area contributed by atoms with Crippen molar-refractivity contribution < 1.29 is 4.52 Å². The van der Waals surface area contributed by atoms with Gasteiger partial charge in [0.1, 0.15) is 0 Å². The summed E-state index contributed by atoms with van der Waals surface area (Å²) in [4.78, 5) is 0. The lowest BCUT2D eigenvalue weighted by molar-refractivity contribution is 0.423. The summed E-state index contributed by atoms with van der Waals surface area (Å²) in [6, 6.07) is 8.62. The number of nitrogens with two attached hydrogens (primary N) is 1. The topological polar surface area (TPSA) is 52.0 Å². The number of nitrogens with zero attached hydrogens (tertiary/aromatic N) is 1. The first-order valence-electron chi connectivity index (χ1n) is 6.64. The minimum absolute atomic E-state index is 0.607. The van der Waals surface area contributed by atoms with Crippen LogP contribution in [0.15, 0.2) is 28.8 Å². The Morgan fingerprint density at radius 3 is 2.78 bits per heavy atom. The molecule has 0 aliphatic heterocycles. The predicted molar refractivity (Wildman–Crippen MR) is 71.3 cm³/mol. The summed E-state index contributed by atoms with van der Waals surface area (Å²) in [5.74, 6) is 0.854. The van der Waals surface area contributed by atoms with Gasteiger partial charge in [-0.1, -0.05) is 17.3 Å². The van der Waals surface area contributed by atoms with Gasteiger partial charge in [0.25, 0.3) is 0 Å². The van der Waals surface area contributed by atoms with Gasteiger partial charge in [0.05, 0.1) is 5.69 Å². The van der Waals surface area contributed by atoms with E-state index in [-0.39, 0.29) is 0 Å². The van der Waals surface area contributed by atoms with Crippen LogP contribution in [0.4, 0.5) is 0 Å². The molecule has 0 amide bonds. The summed E-state index contributed by atoms with van der Waals surface area (Å²) in [5, 5.41) is 4.04. The van der Waals surface area contributed by atoms with Crippen molar-refractivity contribution in [3.05, 3.63) is 41.1 Å². The van der Waals surface area contributed by atoms with Gasteiger partial charge in [0.15, 0.2) is 5.76 Å². The summed E-state index contributed by atoms with van der Waals surface area (Å²) >= 11 is 0. The summed E-state index contributed by atoms with van der Waals surface area (Å²) in [5.41, 5.74) is 10.5. The molecule has 0 unspecified atom stereocenters. The van der Waals surface area contributed by atoms with E-state index >= 15 is 0 Å². The van der Waals surface area contributed by atoms with Crippen molar-refractivity contribution in [3.8, 4) is 11.3 Å². The molecule has 0 fully saturated rings. The van der Waals surface area contributed by atoms with Crippen LogP contribution in [0.2, 0.25) is 0 Å². The van der Waals surface area contributed by atoms with Crippen LogP contribution in [0.5, 0.6) is 0 Å². The second-order valence-electron chi connectivity index (χ2n) is 4.91. The van der Waals surface area contributed by atoms with E-state index in [1.807, 2.05) is 6.07 Å². The zero-order chi connectivity index (χ0) is 12.4. The summed E-state index contributed by atoms with van der Waals surface area (Å²) in [7, 11) is 0. The fourth-order valence-corrected chi connectivity index (χ4v) is 2.60. The molecule has 3 heteroatoms. The van der Waals surface area contributed by atoms with E-state index in [1.165, 1.54) is 36.8 Å². The van der Waals surface area contributed by atoms with Crippen molar-refractivity contribution in [1.82, 2.24) is 5.16 Å². The van der Waals surface area contributed by atoms with Gasteiger partial charge in [0.2, 0.25) is 0 Å². The molecule has 3 rings (SSSR count). The van der Waals surface area contributed by atoms with Crippen molar-refractivity contribution in [1.29, 1.82) is 0 Å². The molecule has 18 heavy (non-hydrogen) atoms. The van der Waals surface area contributed by atoms with Crippen LogP contribution in [0.3, 0.4) is 0 Å². The summed E-state index contributed by atoms with van der Waals surface area (Å²) < 4.78 is 5.39. The van der Waals surface area contributed by atoms with E-state index in [2.05, 4.69) is 23.4 Å². The predicted octanol–water partition coefficient (Wildman–Crippen LogP) is 2.72. The third kappa shape index (κ3) is 2.18. The number of aryl methyl sites for hydroxylation is 2. The van der Waals surface area contributed by atoms with Crippen molar-refractivity contribution in [2.24, 2.45) is 5.73 Å². The third-order valence-electron chi connectivity index (χ3n) is 3.59. The molecule has 1 aliphatic rings. The van der Waals surface area contributed by atoms with Crippen LogP contribution >= 0.6 is 0 Å². The van der Waals surface area contributed by atoms with Crippen LogP contribution in [0, 0.1) is 0 Å². The molecular formula is C15H18N2O. The minimum atomic E-state index is 0.607. The molecule has 3 nitrogen and oxygen atoms in total. The monoisotopic (exact) mass is 242 g/mol. The van der Waals surface area contributed by atoms with Crippen molar-refractivity contribution >= 4 is 0 Å². The van der Waals surface area contributed by atoms with Crippen LogP contribution in [0.25, 0.3) is 11.3 Å². The normalized spacial score (nSPS) is 14.5. The fraction of sp³-hybridized carbons (Fsp3) is 0.400. The van der Waals surface area contributed by atoms with Gasteiger partial charge in [-0.3, -0.25) is 0 Å². The lowest BCUT2D eigenvalue weighted by Crippen LogP contribution is -2.02. The van der Waals surface area contributed by atoms with Crippen LogP contribution in [-0.4, -0.2) is 11.7 Å². The van der Waals surface area contributed by atoms with E-state index in [0.717, 1.165) is 23.4 Å². The van der Waals surface area contributed by atoms with Gasteiger partial charge in [-0.05, 0) is 49.4 Å². The van der Waals surface area contributed by atoms with Crippen molar-refractivity contribution in [3.63, 3.8) is 0 Å². The first-order valence-corrected chi connectivity index (χ1v) is 6.64. The molecular weight excluding hydrogens is 224 g/mol. The van der Waals surface area contributed by atoms with Gasteiger partial charge in [-0.2, -0.15) is 0 Å². The van der Waals surface area contributed by atoms with Gasteiger partial charge in [-0.25, -0.2) is 0 Å². The van der Waals surface area contributed by atoms with Gasteiger partial charge >= 0.3 is 0 Å². The Morgan fingerprint density at radius 1 is 1.11 bits per heavy atom. The zero-order valence-corrected chi connectivity index (χ0v) is 10.5. The van der Waals surface area contributed by atoms with Crippen LogP contribution in [-0.2, 0) is 19.3 Å². The second kappa shape index (κ2) is 4.94. The Labute approximate surface area is 107 Å². The van der Waals surface area contributed by atoms with Crippen LogP contribution < -0.4 is 5.73 Å². The van der Waals surface area contributed by atoms with Crippen LogP contribution in [0.1, 0.15) is 29.7 Å². The molecule has 0 spiro atoms. The molecule has 0 saturated carbocycles. The molecule has 0 bridgehead atoms. The second-order valence-corrected chi connectivity index (χ2v) is 4.91. The highest BCUT2D eigenvalue weighted by molar-refractivity contribution is 5.60. The van der Waals surface area contributed by atoms with Gasteiger partial charge in [-0.15, -0.1) is 0 Å². The first-order chi connectivity index (χ1) is 8.86. The lowest BCUT2D eigenvalue weighted by atomic mass is 9.90. The van der Waals surface area contributed by atoms with E-state index in [0.29, 0.717) is 6.54 Å². The molecule has 1 aliphatic carbocycles. The Kier molecular flexibility index (Phi) is 3.15. The van der Waals surface area contributed by atoms with E-state index in [1.54, 1.807) is 0 Å². The summed E-state index contributed by atoms with van der Waals surface area (Å²) in [6.45, 7) is 0.607. The van der Waals surface area contributed by atoms with E-state index < -0.39 is 0 Å². The molecule has 1 aromatic heterocycles. The maximum atomic E-state index is 5.52.